The second kappa shape index (κ2) is 8.71. The normalized spacial score (nSPS) is 13.4. The molecule has 136 valence electrons. The number of likely N-dealkylation sites (tertiary alicyclic amines) is 1. The van der Waals surface area contributed by atoms with Crippen molar-refractivity contribution in [2.24, 2.45) is 0 Å². The van der Waals surface area contributed by atoms with Crippen molar-refractivity contribution < 1.29 is 4.79 Å². The molecule has 0 unspecified atom stereocenters. The van der Waals surface area contributed by atoms with Gasteiger partial charge in [-0.25, -0.2) is 9.97 Å². The van der Waals surface area contributed by atoms with E-state index in [4.69, 9.17) is 0 Å². The van der Waals surface area contributed by atoms with E-state index in [-0.39, 0.29) is 5.91 Å². The first kappa shape index (κ1) is 18.3. The minimum Gasteiger partial charge on any atom is -0.349 e. The van der Waals surface area contributed by atoms with E-state index in [1.807, 2.05) is 48.4 Å². The fourth-order valence-electron chi connectivity index (χ4n) is 2.83. The fourth-order valence-corrected chi connectivity index (χ4v) is 3.64. The number of thiophene rings is 1. The van der Waals surface area contributed by atoms with Crippen molar-refractivity contribution in [3.63, 3.8) is 0 Å². The molecule has 1 N–H and O–H groups in total. The van der Waals surface area contributed by atoms with Crippen LogP contribution in [0.2, 0.25) is 0 Å². The number of fused-ring (bicyclic) bond motifs is 1. The lowest BCUT2D eigenvalue weighted by molar-refractivity contribution is 0.0789. The molecule has 0 saturated carbocycles. The number of hydrogen-bond acceptors (Lipinski definition) is 6. The first-order valence-electron chi connectivity index (χ1n) is 8.99. The van der Waals surface area contributed by atoms with Crippen molar-refractivity contribution in [3.8, 4) is 0 Å². The van der Waals surface area contributed by atoms with Crippen LogP contribution in [-0.4, -0.2) is 38.8 Å². The highest BCUT2D eigenvalue weighted by molar-refractivity contribution is 7.17. The van der Waals surface area contributed by atoms with Crippen LogP contribution in [0.5, 0.6) is 0 Å². The summed E-state index contributed by atoms with van der Waals surface area (Å²) in [4.78, 5) is 28.0. The molecule has 26 heavy (non-hydrogen) atoms. The fraction of sp³-hybridized carbons (Fsp3) is 0.368. The van der Waals surface area contributed by atoms with Crippen LogP contribution in [0.15, 0.2) is 35.8 Å². The molecule has 0 atom stereocenters. The van der Waals surface area contributed by atoms with Gasteiger partial charge in [-0.1, -0.05) is 19.9 Å². The van der Waals surface area contributed by atoms with Crippen LogP contribution < -0.4 is 5.32 Å². The summed E-state index contributed by atoms with van der Waals surface area (Å²) >= 11 is 1.51. The van der Waals surface area contributed by atoms with Gasteiger partial charge in [-0.15, -0.1) is 11.3 Å². The number of nitrogens with one attached hydrogen (secondary N) is 1. The van der Waals surface area contributed by atoms with Crippen molar-refractivity contribution >= 4 is 33.4 Å². The highest BCUT2D eigenvalue weighted by Crippen LogP contribution is 2.25. The van der Waals surface area contributed by atoms with Crippen LogP contribution >= 0.6 is 11.3 Å². The third kappa shape index (κ3) is 3.99. The topological polar surface area (TPSA) is 71.0 Å². The minimum absolute atomic E-state index is 0.00300. The summed E-state index contributed by atoms with van der Waals surface area (Å²) in [5.41, 5.74) is 2.21. The Morgan fingerprint density at radius 3 is 2.73 bits per heavy atom. The van der Waals surface area contributed by atoms with E-state index >= 15 is 0 Å². The van der Waals surface area contributed by atoms with E-state index in [1.54, 1.807) is 6.20 Å². The molecule has 1 fully saturated rings. The number of anilines is 1. The molecule has 1 saturated heterocycles. The van der Waals surface area contributed by atoms with Crippen LogP contribution in [0.3, 0.4) is 0 Å². The number of pyridine rings is 1. The van der Waals surface area contributed by atoms with Gasteiger partial charge in [0.05, 0.1) is 22.5 Å². The second-order valence-corrected chi connectivity index (χ2v) is 6.62. The van der Waals surface area contributed by atoms with Crippen molar-refractivity contribution in [1.29, 1.82) is 0 Å². The van der Waals surface area contributed by atoms with E-state index < -0.39 is 0 Å². The van der Waals surface area contributed by atoms with Crippen LogP contribution in [0.1, 0.15) is 42.9 Å². The first-order valence-corrected chi connectivity index (χ1v) is 9.87. The summed E-state index contributed by atoms with van der Waals surface area (Å²) < 4.78 is 0.857. The maximum Gasteiger partial charge on any atom is 0.274 e. The van der Waals surface area contributed by atoms with Gasteiger partial charge in [-0.2, -0.15) is 0 Å². The summed E-state index contributed by atoms with van der Waals surface area (Å²) in [6, 6.07) is 7.68. The molecule has 1 amide bonds. The van der Waals surface area contributed by atoms with Gasteiger partial charge < -0.3 is 10.2 Å². The molecule has 4 heterocycles. The van der Waals surface area contributed by atoms with Crippen molar-refractivity contribution in [2.75, 3.05) is 18.4 Å². The van der Waals surface area contributed by atoms with E-state index in [9.17, 15) is 4.79 Å². The monoisotopic (exact) mass is 369 g/mol. The first-order chi connectivity index (χ1) is 12.8. The van der Waals surface area contributed by atoms with Crippen molar-refractivity contribution in [2.45, 2.75) is 33.2 Å². The summed E-state index contributed by atoms with van der Waals surface area (Å²) in [5, 5.41) is 5.12. The Kier molecular flexibility index (Phi) is 6.12. The van der Waals surface area contributed by atoms with Crippen LogP contribution in [0.4, 0.5) is 5.95 Å². The minimum atomic E-state index is 0.00300. The van der Waals surface area contributed by atoms with Gasteiger partial charge in [0.2, 0.25) is 5.95 Å². The Morgan fingerprint density at radius 2 is 2.00 bits per heavy atom. The zero-order valence-electron chi connectivity index (χ0n) is 15.1. The molecule has 6 nitrogen and oxygen atoms in total. The number of nitrogens with zero attached hydrogens (tertiary/aromatic N) is 4. The van der Waals surface area contributed by atoms with Crippen molar-refractivity contribution in [1.82, 2.24) is 19.9 Å². The molecule has 0 radical (unpaired) electrons. The summed E-state index contributed by atoms with van der Waals surface area (Å²) in [5.74, 6) is 0.470. The SMILES string of the molecule is CC.O=C(c1nc(NCc2ccccn2)nc2ccsc12)N1CCCC1. The van der Waals surface area contributed by atoms with Crippen LogP contribution in [0, 0.1) is 0 Å². The smallest absolute Gasteiger partial charge is 0.274 e. The maximum absolute atomic E-state index is 12.8. The average molecular weight is 369 g/mol. The molecule has 0 aliphatic carbocycles. The highest BCUT2D eigenvalue weighted by Gasteiger charge is 2.24. The van der Waals surface area contributed by atoms with Gasteiger partial charge in [0.1, 0.15) is 0 Å². The standard InChI is InChI=1S/C17H17N5OS.C2H6/c23-16(22-8-3-4-9-22)14-15-13(6-10-24-15)20-17(21-14)19-11-12-5-1-2-7-18-12;1-2/h1-2,5-7,10H,3-4,8-9,11H2,(H,19,20,21);1-2H3. The molecule has 0 spiro atoms. The quantitative estimate of drug-likeness (QED) is 0.754. The average Bonchev–Trinajstić information content (AvgIpc) is 3.39. The Labute approximate surface area is 157 Å². The molecule has 7 heteroatoms. The molecule has 3 aromatic rings. The highest BCUT2D eigenvalue weighted by atomic mass is 32.1. The zero-order chi connectivity index (χ0) is 18.4. The molecule has 0 bridgehead atoms. The lowest BCUT2D eigenvalue weighted by Gasteiger charge is -2.15. The van der Waals surface area contributed by atoms with Crippen LogP contribution in [0.25, 0.3) is 10.2 Å². The second-order valence-electron chi connectivity index (χ2n) is 5.70. The number of amides is 1. The number of hydrogen-bond donors (Lipinski definition) is 1. The molecular formula is C19H23N5OS. The molecule has 1 aliphatic heterocycles. The van der Waals surface area contributed by atoms with Gasteiger partial charge in [0.25, 0.3) is 5.91 Å². The van der Waals surface area contributed by atoms with E-state index in [1.165, 1.54) is 11.3 Å². The van der Waals surface area contributed by atoms with Gasteiger partial charge in [-0.3, -0.25) is 9.78 Å². The predicted octanol–water partition coefficient (Wildman–Crippen LogP) is 3.96. The molecule has 0 aromatic carbocycles. The zero-order valence-corrected chi connectivity index (χ0v) is 15.9. The number of rotatable bonds is 4. The third-order valence-corrected chi connectivity index (χ3v) is 4.96. The van der Waals surface area contributed by atoms with E-state index in [2.05, 4.69) is 20.3 Å². The van der Waals surface area contributed by atoms with Gasteiger partial charge in [-0.05, 0) is 36.4 Å². The van der Waals surface area contributed by atoms with Gasteiger partial charge in [0.15, 0.2) is 5.69 Å². The lowest BCUT2D eigenvalue weighted by Crippen LogP contribution is -2.28. The van der Waals surface area contributed by atoms with E-state index in [0.29, 0.717) is 18.2 Å². The maximum atomic E-state index is 12.8. The van der Waals surface area contributed by atoms with Gasteiger partial charge in [0, 0.05) is 19.3 Å². The lowest BCUT2D eigenvalue weighted by atomic mass is 10.3. The molecular weight excluding hydrogens is 346 g/mol. The Balaban J connectivity index is 0.000000948. The van der Waals surface area contributed by atoms with Crippen LogP contribution in [-0.2, 0) is 6.54 Å². The predicted molar refractivity (Wildman–Crippen MR) is 105 cm³/mol. The Hall–Kier alpha value is -2.54. The summed E-state index contributed by atoms with van der Waals surface area (Å²) in [6.07, 6.45) is 3.88. The molecule has 3 aromatic heterocycles. The number of carbonyl (C=O) groups is 1. The Morgan fingerprint density at radius 1 is 1.19 bits per heavy atom. The van der Waals surface area contributed by atoms with E-state index in [0.717, 1.165) is 41.8 Å². The number of carbonyl (C=O) groups excluding carboxylic acids is 1. The van der Waals surface area contributed by atoms with Gasteiger partial charge >= 0.3 is 0 Å². The van der Waals surface area contributed by atoms with Crippen molar-refractivity contribution in [3.05, 3.63) is 47.2 Å². The third-order valence-electron chi connectivity index (χ3n) is 4.05. The largest absolute Gasteiger partial charge is 0.349 e. The molecule has 1 aliphatic rings. The Bertz CT molecular complexity index is 859. The molecule has 4 rings (SSSR count). The summed E-state index contributed by atoms with van der Waals surface area (Å²) in [6.45, 7) is 6.15. The summed E-state index contributed by atoms with van der Waals surface area (Å²) in [7, 11) is 0. The number of aromatic nitrogens is 3.